The van der Waals surface area contributed by atoms with Crippen LogP contribution in [0.25, 0.3) is 10.1 Å². The van der Waals surface area contributed by atoms with Gasteiger partial charge in [0, 0.05) is 15.8 Å². The second-order valence-corrected chi connectivity index (χ2v) is 7.42. The lowest BCUT2D eigenvalue weighted by atomic mass is 9.99. The van der Waals surface area contributed by atoms with E-state index in [-0.39, 0.29) is 0 Å². The molecule has 0 aliphatic carbocycles. The molecule has 1 aliphatic rings. The van der Waals surface area contributed by atoms with Gasteiger partial charge >= 0.3 is 5.97 Å². The number of nitrogens with one attached hydrogen (secondary N) is 1. The Morgan fingerprint density at radius 1 is 1.33 bits per heavy atom. The van der Waals surface area contributed by atoms with Crippen LogP contribution >= 0.6 is 34.7 Å². The van der Waals surface area contributed by atoms with Crippen molar-refractivity contribution in [2.24, 2.45) is 0 Å². The van der Waals surface area contributed by atoms with Gasteiger partial charge in [0.05, 0.1) is 5.02 Å². The third kappa shape index (κ3) is 2.52. The maximum Gasteiger partial charge on any atom is 0.330 e. The van der Waals surface area contributed by atoms with Crippen LogP contribution in [0.5, 0.6) is 0 Å². The van der Waals surface area contributed by atoms with Crippen LogP contribution in [0, 0.1) is 0 Å². The zero-order valence-electron chi connectivity index (χ0n) is 10.9. The van der Waals surface area contributed by atoms with E-state index in [2.05, 4.69) is 5.32 Å². The number of carbonyl (C=O) groups excluding carboxylic acids is 1. The molecule has 2 heterocycles. The van der Waals surface area contributed by atoms with Crippen molar-refractivity contribution in [1.29, 1.82) is 0 Å². The number of halogens is 1. The molecule has 1 aromatic heterocycles. The molecule has 7 heteroatoms. The number of carboxylic acid groups (broad SMARTS) is 1. The van der Waals surface area contributed by atoms with Crippen molar-refractivity contribution in [2.45, 2.75) is 12.0 Å². The molecule has 4 nitrogen and oxygen atoms in total. The summed E-state index contributed by atoms with van der Waals surface area (Å²) >= 11 is 9.07. The first-order valence-electron chi connectivity index (χ1n) is 6.34. The maximum absolute atomic E-state index is 12.4. The number of carbonyl (C=O) groups is 2. The topological polar surface area (TPSA) is 66.4 Å². The fourth-order valence-corrected chi connectivity index (χ4v) is 5.06. The summed E-state index contributed by atoms with van der Waals surface area (Å²) in [7, 11) is 0. The van der Waals surface area contributed by atoms with E-state index in [9.17, 15) is 14.7 Å². The normalized spacial score (nSPS) is 21.6. The molecule has 21 heavy (non-hydrogen) atoms. The molecule has 1 atom stereocenters. The first-order valence-corrected chi connectivity index (χ1v) is 8.69. The van der Waals surface area contributed by atoms with Crippen molar-refractivity contribution in [3.63, 3.8) is 0 Å². The smallest absolute Gasteiger partial charge is 0.330 e. The molecular weight excluding hydrogens is 330 g/mol. The Bertz CT molecular complexity index is 722. The number of fused-ring (bicyclic) bond motifs is 1. The number of rotatable bonds is 3. The number of thiophene rings is 1. The summed E-state index contributed by atoms with van der Waals surface area (Å²) < 4.78 is 0.915. The number of hydrogen-bond acceptors (Lipinski definition) is 4. The van der Waals surface area contributed by atoms with Gasteiger partial charge < -0.3 is 10.4 Å². The van der Waals surface area contributed by atoms with Crippen LogP contribution in [0.15, 0.2) is 24.3 Å². The molecule has 1 aliphatic heterocycles. The van der Waals surface area contributed by atoms with Gasteiger partial charge in [-0.15, -0.1) is 11.3 Å². The quantitative estimate of drug-likeness (QED) is 0.899. The summed E-state index contributed by atoms with van der Waals surface area (Å²) in [5.41, 5.74) is -1.18. The van der Waals surface area contributed by atoms with Gasteiger partial charge in [-0.2, -0.15) is 11.8 Å². The number of carboxylic acids is 1. The lowest BCUT2D eigenvalue weighted by Crippen LogP contribution is -2.54. The van der Waals surface area contributed by atoms with Crippen LogP contribution in [0.4, 0.5) is 0 Å². The minimum absolute atomic E-state index is 0.371. The number of thioether (sulfide) groups is 1. The molecule has 1 amide bonds. The second-order valence-electron chi connectivity index (χ2n) is 4.89. The SMILES string of the molecule is O=C(NC1(C(=O)O)CCSC1)c1sc2ccccc2c1Cl. The molecule has 0 radical (unpaired) electrons. The Morgan fingerprint density at radius 3 is 2.71 bits per heavy atom. The Morgan fingerprint density at radius 2 is 2.10 bits per heavy atom. The summed E-state index contributed by atoms with van der Waals surface area (Å²) in [6, 6.07) is 7.47. The van der Waals surface area contributed by atoms with E-state index in [1.807, 2.05) is 24.3 Å². The monoisotopic (exact) mass is 341 g/mol. The highest BCUT2D eigenvalue weighted by molar-refractivity contribution is 7.99. The van der Waals surface area contributed by atoms with Gasteiger partial charge in [-0.1, -0.05) is 29.8 Å². The Kier molecular flexibility index (Phi) is 3.86. The van der Waals surface area contributed by atoms with E-state index in [4.69, 9.17) is 11.6 Å². The highest BCUT2D eigenvalue weighted by Gasteiger charge is 2.43. The van der Waals surface area contributed by atoms with Crippen LogP contribution in [-0.4, -0.2) is 34.0 Å². The number of aliphatic carboxylic acids is 1. The summed E-state index contributed by atoms with van der Waals surface area (Å²) in [6.07, 6.45) is 0.432. The van der Waals surface area contributed by atoms with Crippen LogP contribution in [0.2, 0.25) is 5.02 Å². The Labute approximate surface area is 134 Å². The van der Waals surface area contributed by atoms with Gasteiger partial charge in [-0.25, -0.2) is 4.79 Å². The van der Waals surface area contributed by atoms with Crippen LogP contribution in [0.3, 0.4) is 0 Å². The van der Waals surface area contributed by atoms with E-state index < -0.39 is 17.4 Å². The molecule has 2 aromatic rings. The summed E-state index contributed by atoms with van der Waals surface area (Å²) in [6.45, 7) is 0. The molecule has 1 saturated heterocycles. The Hall–Kier alpha value is -1.24. The zero-order valence-corrected chi connectivity index (χ0v) is 13.3. The van der Waals surface area contributed by atoms with E-state index in [0.29, 0.717) is 22.1 Å². The van der Waals surface area contributed by atoms with Crippen molar-refractivity contribution in [3.05, 3.63) is 34.2 Å². The molecule has 1 fully saturated rings. The molecule has 1 unspecified atom stereocenters. The predicted octanol–water partition coefficient (Wildman–Crippen LogP) is 3.24. The molecule has 0 bridgehead atoms. The first kappa shape index (κ1) is 14.7. The second kappa shape index (κ2) is 5.51. The van der Waals surface area contributed by atoms with Crippen molar-refractivity contribution < 1.29 is 14.7 Å². The predicted molar refractivity (Wildman–Crippen MR) is 86.6 cm³/mol. The lowest BCUT2D eigenvalue weighted by molar-refractivity contribution is -0.143. The zero-order chi connectivity index (χ0) is 15.0. The maximum atomic E-state index is 12.4. The van der Waals surface area contributed by atoms with Gasteiger partial charge in [0.15, 0.2) is 0 Å². The van der Waals surface area contributed by atoms with Gasteiger partial charge in [-0.05, 0) is 18.2 Å². The van der Waals surface area contributed by atoms with Gasteiger partial charge in [0.25, 0.3) is 5.91 Å². The number of benzene rings is 1. The van der Waals surface area contributed by atoms with E-state index in [0.717, 1.165) is 15.8 Å². The van der Waals surface area contributed by atoms with E-state index in [1.165, 1.54) is 23.1 Å². The molecule has 0 saturated carbocycles. The lowest BCUT2D eigenvalue weighted by Gasteiger charge is -2.24. The van der Waals surface area contributed by atoms with E-state index >= 15 is 0 Å². The number of hydrogen-bond donors (Lipinski definition) is 2. The third-order valence-corrected chi connectivity index (χ3v) is 6.39. The number of amides is 1. The first-order chi connectivity index (χ1) is 10.0. The summed E-state index contributed by atoms with van der Waals surface area (Å²) in [4.78, 5) is 24.3. The average Bonchev–Trinajstić information content (AvgIpc) is 3.05. The Balaban J connectivity index is 1.94. The van der Waals surface area contributed by atoms with Crippen molar-refractivity contribution >= 4 is 56.7 Å². The molecule has 0 spiro atoms. The summed E-state index contributed by atoms with van der Waals surface area (Å²) in [5, 5.41) is 13.3. The van der Waals surface area contributed by atoms with Gasteiger partial charge in [-0.3, -0.25) is 4.79 Å². The van der Waals surface area contributed by atoms with Crippen LogP contribution in [-0.2, 0) is 4.79 Å². The fraction of sp³-hybridized carbons (Fsp3) is 0.286. The minimum Gasteiger partial charge on any atom is -0.479 e. The van der Waals surface area contributed by atoms with E-state index in [1.54, 1.807) is 0 Å². The molecular formula is C14H12ClNO3S2. The molecule has 3 rings (SSSR count). The van der Waals surface area contributed by atoms with Crippen molar-refractivity contribution in [1.82, 2.24) is 5.32 Å². The fourth-order valence-electron chi connectivity index (χ4n) is 2.32. The summed E-state index contributed by atoms with van der Waals surface area (Å²) in [5.74, 6) is -0.285. The van der Waals surface area contributed by atoms with Crippen LogP contribution < -0.4 is 5.32 Å². The molecule has 2 N–H and O–H groups in total. The van der Waals surface area contributed by atoms with Crippen molar-refractivity contribution in [3.8, 4) is 0 Å². The largest absolute Gasteiger partial charge is 0.479 e. The van der Waals surface area contributed by atoms with Gasteiger partial charge in [0.1, 0.15) is 10.4 Å². The average molecular weight is 342 g/mol. The van der Waals surface area contributed by atoms with Crippen molar-refractivity contribution in [2.75, 3.05) is 11.5 Å². The van der Waals surface area contributed by atoms with Gasteiger partial charge in [0.2, 0.25) is 0 Å². The third-order valence-electron chi connectivity index (χ3n) is 3.52. The molecule has 110 valence electrons. The highest BCUT2D eigenvalue weighted by Crippen LogP contribution is 2.36. The highest BCUT2D eigenvalue weighted by atomic mass is 35.5. The standard InChI is InChI=1S/C14H12ClNO3S2/c15-10-8-3-1-2-4-9(8)21-11(10)12(17)16-14(13(18)19)5-6-20-7-14/h1-4H,5-7H2,(H,16,17)(H,18,19). The van der Waals surface area contributed by atoms with Crippen LogP contribution in [0.1, 0.15) is 16.1 Å². The molecule has 1 aromatic carbocycles. The minimum atomic E-state index is -1.18.